The molecule has 0 amide bonds. The molecule has 0 aliphatic rings. The number of nitrogens with one attached hydrogen (secondary N) is 1. The number of benzene rings is 1. The lowest BCUT2D eigenvalue weighted by molar-refractivity contribution is 1.19. The minimum Gasteiger partial charge on any atom is -0.388 e. The average Bonchev–Trinajstić information content (AvgIpc) is 2.77. The third-order valence-electron chi connectivity index (χ3n) is 3.05. The van der Waals surface area contributed by atoms with Crippen molar-refractivity contribution in [3.63, 3.8) is 0 Å². The van der Waals surface area contributed by atoms with Crippen LogP contribution < -0.4 is 5.32 Å². The molecule has 0 spiro atoms. The molecule has 2 heterocycles. The van der Waals surface area contributed by atoms with E-state index in [1.807, 2.05) is 30.6 Å². The molecule has 0 fully saturated rings. The van der Waals surface area contributed by atoms with Crippen molar-refractivity contribution < 1.29 is 0 Å². The highest BCUT2D eigenvalue weighted by molar-refractivity contribution is 7.19. The summed E-state index contributed by atoms with van der Waals surface area (Å²) in [5.74, 6) is 0. The molecule has 1 aromatic carbocycles. The number of thiophene rings is 1. The van der Waals surface area contributed by atoms with E-state index in [-0.39, 0.29) is 0 Å². The second-order valence-corrected chi connectivity index (χ2v) is 5.25. The quantitative estimate of drug-likeness (QED) is 0.733. The maximum absolute atomic E-state index is 4.44. The van der Waals surface area contributed by atoms with E-state index in [4.69, 9.17) is 0 Å². The first-order valence-corrected chi connectivity index (χ1v) is 6.62. The number of aryl methyl sites for hydroxylation is 1. The van der Waals surface area contributed by atoms with Gasteiger partial charge in [-0.25, -0.2) is 0 Å². The minimum atomic E-state index is 1.06. The fourth-order valence-electron chi connectivity index (χ4n) is 2.13. The smallest absolute Gasteiger partial charge is 0.0729 e. The Morgan fingerprint density at radius 1 is 1.29 bits per heavy atom. The summed E-state index contributed by atoms with van der Waals surface area (Å²) in [4.78, 5) is 5.87. The monoisotopic (exact) mass is 242 g/mol. The Bertz CT molecular complexity index is 685. The predicted octanol–water partition coefficient (Wildman–Crippen LogP) is 4.05. The van der Waals surface area contributed by atoms with Gasteiger partial charge in [0.05, 0.1) is 5.52 Å². The molecule has 1 N–H and O–H groups in total. The van der Waals surface area contributed by atoms with Crippen LogP contribution in [0.4, 0.5) is 5.69 Å². The van der Waals surface area contributed by atoms with Crippen molar-refractivity contribution in [1.29, 1.82) is 0 Å². The fourth-order valence-corrected chi connectivity index (χ4v) is 3.15. The second kappa shape index (κ2) is 4.00. The van der Waals surface area contributed by atoms with Gasteiger partial charge in [-0.2, -0.15) is 0 Å². The van der Waals surface area contributed by atoms with E-state index in [1.165, 1.54) is 20.3 Å². The number of hydrogen-bond acceptors (Lipinski definition) is 3. The van der Waals surface area contributed by atoms with E-state index in [2.05, 4.69) is 35.4 Å². The van der Waals surface area contributed by atoms with E-state index in [0.717, 1.165) is 17.6 Å². The minimum absolute atomic E-state index is 1.06. The van der Waals surface area contributed by atoms with Crippen LogP contribution in [-0.4, -0.2) is 12.0 Å². The fraction of sp³-hybridized carbons (Fsp3) is 0.214. The molecule has 0 aliphatic carbocycles. The van der Waals surface area contributed by atoms with Crippen LogP contribution in [-0.2, 0) is 6.42 Å². The molecule has 0 bridgehead atoms. The molecular weight excluding hydrogens is 228 g/mol. The third-order valence-corrected chi connectivity index (χ3v) is 4.29. The Labute approximate surface area is 104 Å². The lowest BCUT2D eigenvalue weighted by Gasteiger charge is -2.04. The highest BCUT2D eigenvalue weighted by Gasteiger charge is 2.05. The summed E-state index contributed by atoms with van der Waals surface area (Å²) in [5.41, 5.74) is 2.20. The normalized spacial score (nSPS) is 11.2. The zero-order valence-electron chi connectivity index (χ0n) is 9.95. The first-order chi connectivity index (χ1) is 8.31. The first kappa shape index (κ1) is 10.5. The SMILES string of the molecule is CCc1cc2cc3nccc(NC)c3cc2s1. The van der Waals surface area contributed by atoms with Gasteiger partial charge in [0.15, 0.2) is 0 Å². The molecule has 2 aromatic heterocycles. The molecule has 0 saturated heterocycles. The standard InChI is InChI=1S/C14H14N2S/c1-3-10-6-9-7-13-11(8-14(9)17-10)12(15-2)4-5-16-13/h4-8H,3H2,1-2H3,(H,15,16). The van der Waals surface area contributed by atoms with Crippen molar-refractivity contribution in [2.24, 2.45) is 0 Å². The van der Waals surface area contributed by atoms with Crippen LogP contribution in [0.25, 0.3) is 21.0 Å². The molecule has 86 valence electrons. The van der Waals surface area contributed by atoms with Crippen LogP contribution >= 0.6 is 11.3 Å². The highest BCUT2D eigenvalue weighted by Crippen LogP contribution is 2.32. The van der Waals surface area contributed by atoms with E-state index in [9.17, 15) is 0 Å². The van der Waals surface area contributed by atoms with Gasteiger partial charge in [0.25, 0.3) is 0 Å². The van der Waals surface area contributed by atoms with Crippen molar-refractivity contribution >= 4 is 38.0 Å². The van der Waals surface area contributed by atoms with Crippen LogP contribution in [0.2, 0.25) is 0 Å². The van der Waals surface area contributed by atoms with Crippen LogP contribution in [0.3, 0.4) is 0 Å². The molecule has 0 radical (unpaired) electrons. The Kier molecular flexibility index (Phi) is 2.48. The summed E-state index contributed by atoms with van der Waals surface area (Å²) in [6.45, 7) is 2.20. The topological polar surface area (TPSA) is 24.9 Å². The van der Waals surface area contributed by atoms with Crippen molar-refractivity contribution in [2.45, 2.75) is 13.3 Å². The summed E-state index contributed by atoms with van der Waals surface area (Å²) in [7, 11) is 1.95. The zero-order valence-corrected chi connectivity index (χ0v) is 10.8. The summed E-state index contributed by atoms with van der Waals surface area (Å²) in [6.07, 6.45) is 2.95. The molecule has 3 rings (SSSR count). The summed E-state index contributed by atoms with van der Waals surface area (Å²) >= 11 is 1.88. The summed E-state index contributed by atoms with van der Waals surface area (Å²) in [5, 5.41) is 5.73. The third kappa shape index (κ3) is 1.67. The number of aromatic nitrogens is 1. The van der Waals surface area contributed by atoms with Gasteiger partial charge in [-0.05, 0) is 36.1 Å². The zero-order chi connectivity index (χ0) is 11.8. The van der Waals surface area contributed by atoms with E-state index >= 15 is 0 Å². The van der Waals surface area contributed by atoms with Crippen molar-refractivity contribution in [1.82, 2.24) is 4.98 Å². The van der Waals surface area contributed by atoms with Crippen molar-refractivity contribution in [3.05, 3.63) is 35.3 Å². The average molecular weight is 242 g/mol. The Balaban J connectivity index is 2.37. The van der Waals surface area contributed by atoms with Gasteiger partial charge in [0.1, 0.15) is 0 Å². The van der Waals surface area contributed by atoms with Gasteiger partial charge in [-0.1, -0.05) is 6.92 Å². The van der Waals surface area contributed by atoms with Crippen molar-refractivity contribution in [2.75, 3.05) is 12.4 Å². The number of hydrogen-bond donors (Lipinski definition) is 1. The lowest BCUT2D eigenvalue weighted by Crippen LogP contribution is -1.90. The Hall–Kier alpha value is -1.61. The first-order valence-electron chi connectivity index (χ1n) is 5.80. The molecular formula is C14H14N2S. The van der Waals surface area contributed by atoms with Gasteiger partial charge in [0, 0.05) is 33.9 Å². The van der Waals surface area contributed by atoms with Crippen LogP contribution in [0.5, 0.6) is 0 Å². The van der Waals surface area contributed by atoms with Gasteiger partial charge in [0.2, 0.25) is 0 Å². The largest absolute Gasteiger partial charge is 0.388 e. The molecule has 3 aromatic rings. The Morgan fingerprint density at radius 2 is 2.18 bits per heavy atom. The van der Waals surface area contributed by atoms with Gasteiger partial charge >= 0.3 is 0 Å². The molecule has 0 unspecified atom stereocenters. The number of rotatable bonds is 2. The van der Waals surface area contributed by atoms with Crippen molar-refractivity contribution in [3.8, 4) is 0 Å². The predicted molar refractivity (Wildman–Crippen MR) is 76.1 cm³/mol. The highest BCUT2D eigenvalue weighted by atomic mass is 32.1. The molecule has 0 aliphatic heterocycles. The molecule has 17 heavy (non-hydrogen) atoms. The summed E-state index contributed by atoms with van der Waals surface area (Å²) in [6, 6.07) is 8.71. The van der Waals surface area contributed by atoms with E-state index in [1.54, 1.807) is 0 Å². The van der Waals surface area contributed by atoms with Crippen LogP contribution in [0.1, 0.15) is 11.8 Å². The maximum atomic E-state index is 4.44. The molecule has 2 nitrogen and oxygen atoms in total. The Morgan fingerprint density at radius 3 is 2.94 bits per heavy atom. The number of nitrogens with zero attached hydrogens (tertiary/aromatic N) is 1. The molecule has 0 atom stereocenters. The van der Waals surface area contributed by atoms with Crippen LogP contribution in [0, 0.1) is 0 Å². The van der Waals surface area contributed by atoms with E-state index < -0.39 is 0 Å². The molecule has 3 heteroatoms. The number of fused-ring (bicyclic) bond motifs is 2. The van der Waals surface area contributed by atoms with Crippen LogP contribution in [0.15, 0.2) is 30.5 Å². The van der Waals surface area contributed by atoms with Gasteiger partial charge < -0.3 is 5.32 Å². The maximum Gasteiger partial charge on any atom is 0.0729 e. The molecule has 0 saturated carbocycles. The number of anilines is 1. The second-order valence-electron chi connectivity index (χ2n) is 4.08. The van der Waals surface area contributed by atoms with E-state index in [0.29, 0.717) is 0 Å². The van der Waals surface area contributed by atoms with Gasteiger partial charge in [-0.3, -0.25) is 4.98 Å². The summed E-state index contributed by atoms with van der Waals surface area (Å²) < 4.78 is 1.35. The van der Waals surface area contributed by atoms with Gasteiger partial charge in [-0.15, -0.1) is 11.3 Å². The lowest BCUT2D eigenvalue weighted by atomic mass is 10.1. The number of pyridine rings is 1.